The van der Waals surface area contributed by atoms with Crippen molar-refractivity contribution in [2.75, 3.05) is 20.2 Å². The number of amides is 1. The van der Waals surface area contributed by atoms with Gasteiger partial charge >= 0.3 is 5.00 Å². The molecule has 0 spiro atoms. The smallest absolute Gasteiger partial charge is 0.324 e. The summed E-state index contributed by atoms with van der Waals surface area (Å²) in [5, 5.41) is 10.6. The molecule has 0 aliphatic rings. The molecule has 1 heterocycles. The second kappa shape index (κ2) is 7.04. The van der Waals surface area contributed by atoms with Crippen LogP contribution in [-0.2, 0) is 0 Å². The van der Waals surface area contributed by atoms with Crippen LogP contribution in [0.15, 0.2) is 36.4 Å². The van der Waals surface area contributed by atoms with E-state index >= 15 is 0 Å². The monoisotopic (exact) mass is 320 g/mol. The average Bonchev–Trinajstić information content (AvgIpc) is 2.98. The van der Waals surface area contributed by atoms with Gasteiger partial charge in [-0.05, 0) is 25.1 Å². The second-order valence-electron chi connectivity index (χ2n) is 4.78. The molecule has 0 aliphatic carbocycles. The number of thiophene rings is 1. The van der Waals surface area contributed by atoms with Crippen LogP contribution in [0.25, 0.3) is 0 Å². The molecule has 1 aromatic heterocycles. The van der Waals surface area contributed by atoms with Crippen molar-refractivity contribution >= 4 is 22.2 Å². The average molecular weight is 320 g/mol. The maximum atomic E-state index is 12.1. The first-order valence-electron chi connectivity index (χ1n) is 6.66. The highest BCUT2D eigenvalue weighted by Crippen LogP contribution is 2.24. The van der Waals surface area contributed by atoms with Crippen LogP contribution in [0, 0.1) is 17.0 Å². The number of nitro groups is 1. The molecular weight excluding hydrogens is 304 g/mol. The van der Waals surface area contributed by atoms with Crippen molar-refractivity contribution in [2.24, 2.45) is 0 Å². The summed E-state index contributed by atoms with van der Waals surface area (Å²) in [7, 11) is 1.65. The standard InChI is InChI=1S/C15H16N2O4S/c1-11-3-5-12(6-4-11)21-10-9-16(2)15(18)13-7-8-14(22-13)17(19)20/h3-8H,9-10H2,1-2H3. The topological polar surface area (TPSA) is 72.7 Å². The van der Waals surface area contributed by atoms with E-state index in [2.05, 4.69) is 0 Å². The van der Waals surface area contributed by atoms with Crippen molar-refractivity contribution in [1.82, 2.24) is 4.90 Å². The SMILES string of the molecule is Cc1ccc(OCCN(C)C(=O)c2ccc([N+](=O)[O-])s2)cc1. The van der Waals surface area contributed by atoms with E-state index in [4.69, 9.17) is 4.74 Å². The zero-order valence-electron chi connectivity index (χ0n) is 12.3. The van der Waals surface area contributed by atoms with Gasteiger partial charge < -0.3 is 9.64 Å². The van der Waals surface area contributed by atoms with E-state index < -0.39 is 4.92 Å². The first kappa shape index (κ1) is 16.0. The summed E-state index contributed by atoms with van der Waals surface area (Å²) < 4.78 is 5.56. The Bertz CT molecular complexity index is 666. The van der Waals surface area contributed by atoms with E-state index in [1.54, 1.807) is 7.05 Å². The molecule has 0 unspecified atom stereocenters. The summed E-state index contributed by atoms with van der Waals surface area (Å²) in [6, 6.07) is 10.5. The maximum absolute atomic E-state index is 12.1. The van der Waals surface area contributed by atoms with Crippen LogP contribution >= 0.6 is 11.3 Å². The van der Waals surface area contributed by atoms with Crippen molar-refractivity contribution in [3.05, 3.63) is 57.0 Å². The van der Waals surface area contributed by atoms with E-state index in [1.165, 1.54) is 17.0 Å². The Morgan fingerprint density at radius 3 is 2.55 bits per heavy atom. The quantitative estimate of drug-likeness (QED) is 0.605. The Morgan fingerprint density at radius 2 is 1.95 bits per heavy atom. The molecule has 1 aromatic carbocycles. The lowest BCUT2D eigenvalue weighted by Gasteiger charge is -2.16. The third-order valence-corrected chi connectivity index (χ3v) is 4.07. The van der Waals surface area contributed by atoms with E-state index in [9.17, 15) is 14.9 Å². The molecule has 0 radical (unpaired) electrons. The Balaban J connectivity index is 1.85. The summed E-state index contributed by atoms with van der Waals surface area (Å²) in [4.78, 5) is 24.1. The molecule has 0 N–H and O–H groups in total. The van der Waals surface area contributed by atoms with Gasteiger partial charge in [-0.2, -0.15) is 0 Å². The van der Waals surface area contributed by atoms with Gasteiger partial charge in [0, 0.05) is 13.1 Å². The lowest BCUT2D eigenvalue weighted by molar-refractivity contribution is -0.380. The van der Waals surface area contributed by atoms with Crippen LogP contribution in [-0.4, -0.2) is 35.9 Å². The zero-order valence-corrected chi connectivity index (χ0v) is 13.1. The normalized spacial score (nSPS) is 10.3. The number of benzene rings is 1. The summed E-state index contributed by atoms with van der Waals surface area (Å²) in [5.74, 6) is 0.504. The number of nitrogens with zero attached hydrogens (tertiary/aromatic N) is 2. The van der Waals surface area contributed by atoms with E-state index in [0.717, 1.165) is 22.6 Å². The van der Waals surface area contributed by atoms with E-state index in [-0.39, 0.29) is 10.9 Å². The number of carbonyl (C=O) groups excluding carboxylic acids is 1. The lowest BCUT2D eigenvalue weighted by atomic mass is 10.2. The lowest BCUT2D eigenvalue weighted by Crippen LogP contribution is -2.30. The van der Waals surface area contributed by atoms with E-state index in [0.29, 0.717) is 18.0 Å². The van der Waals surface area contributed by atoms with Crippen LogP contribution in [0.1, 0.15) is 15.2 Å². The molecule has 7 heteroatoms. The van der Waals surface area contributed by atoms with Crippen molar-refractivity contribution in [2.45, 2.75) is 6.92 Å². The zero-order chi connectivity index (χ0) is 16.1. The second-order valence-corrected chi connectivity index (χ2v) is 5.85. The molecule has 0 bridgehead atoms. The van der Waals surface area contributed by atoms with Gasteiger partial charge in [0.1, 0.15) is 12.4 Å². The van der Waals surface area contributed by atoms with Crippen LogP contribution in [0.2, 0.25) is 0 Å². The summed E-state index contributed by atoms with van der Waals surface area (Å²) >= 11 is 0.878. The largest absolute Gasteiger partial charge is 0.492 e. The molecule has 2 aromatic rings. The summed E-state index contributed by atoms with van der Waals surface area (Å²) in [6.07, 6.45) is 0. The van der Waals surface area contributed by atoms with Gasteiger partial charge in [0.15, 0.2) is 0 Å². The van der Waals surface area contributed by atoms with Gasteiger partial charge in [-0.1, -0.05) is 29.0 Å². The summed E-state index contributed by atoms with van der Waals surface area (Å²) in [5.41, 5.74) is 1.15. The molecule has 2 rings (SSSR count). The highest BCUT2D eigenvalue weighted by Gasteiger charge is 2.18. The molecular formula is C15H16N2O4S. The molecule has 0 saturated carbocycles. The van der Waals surface area contributed by atoms with Gasteiger partial charge in [0.05, 0.1) is 16.3 Å². The predicted molar refractivity (Wildman–Crippen MR) is 84.6 cm³/mol. The van der Waals surface area contributed by atoms with Gasteiger partial charge in [0.2, 0.25) is 0 Å². The van der Waals surface area contributed by atoms with Crippen molar-refractivity contribution < 1.29 is 14.5 Å². The number of carbonyl (C=O) groups is 1. The maximum Gasteiger partial charge on any atom is 0.324 e. The van der Waals surface area contributed by atoms with Crippen LogP contribution < -0.4 is 4.74 Å². The van der Waals surface area contributed by atoms with Gasteiger partial charge in [-0.3, -0.25) is 14.9 Å². The molecule has 0 atom stereocenters. The minimum atomic E-state index is -0.498. The number of aryl methyl sites for hydroxylation is 1. The Kier molecular flexibility index (Phi) is 5.11. The Morgan fingerprint density at radius 1 is 1.27 bits per heavy atom. The van der Waals surface area contributed by atoms with Gasteiger partial charge in [-0.15, -0.1) is 0 Å². The number of rotatable bonds is 6. The van der Waals surface area contributed by atoms with Crippen molar-refractivity contribution in [3.63, 3.8) is 0 Å². The Hall–Kier alpha value is -2.41. The molecule has 116 valence electrons. The molecule has 22 heavy (non-hydrogen) atoms. The van der Waals surface area contributed by atoms with E-state index in [1.807, 2.05) is 31.2 Å². The molecule has 0 saturated heterocycles. The first-order chi connectivity index (χ1) is 10.5. The summed E-state index contributed by atoms with van der Waals surface area (Å²) in [6.45, 7) is 2.76. The molecule has 0 fully saturated rings. The predicted octanol–water partition coefficient (Wildman–Crippen LogP) is 3.12. The molecule has 0 aliphatic heterocycles. The highest BCUT2D eigenvalue weighted by atomic mass is 32.1. The van der Waals surface area contributed by atoms with Gasteiger partial charge in [-0.25, -0.2) is 0 Å². The highest BCUT2D eigenvalue weighted by molar-refractivity contribution is 7.17. The number of hydrogen-bond acceptors (Lipinski definition) is 5. The fraction of sp³-hybridized carbons (Fsp3) is 0.267. The first-order valence-corrected chi connectivity index (χ1v) is 7.48. The number of ether oxygens (including phenoxy) is 1. The molecule has 1 amide bonds. The minimum Gasteiger partial charge on any atom is -0.492 e. The minimum absolute atomic E-state index is 0.0346. The Labute approximate surface area is 132 Å². The molecule has 6 nitrogen and oxygen atoms in total. The van der Waals surface area contributed by atoms with Crippen molar-refractivity contribution in [3.8, 4) is 5.75 Å². The third-order valence-electron chi connectivity index (χ3n) is 3.05. The van der Waals surface area contributed by atoms with Gasteiger partial charge in [0.25, 0.3) is 5.91 Å². The number of hydrogen-bond donors (Lipinski definition) is 0. The third kappa shape index (κ3) is 4.05. The number of likely N-dealkylation sites (N-methyl/N-ethyl adjacent to an activating group) is 1. The fourth-order valence-corrected chi connectivity index (χ4v) is 2.58. The fourth-order valence-electron chi connectivity index (χ4n) is 1.77. The van der Waals surface area contributed by atoms with Crippen LogP contribution in [0.5, 0.6) is 5.75 Å². The van der Waals surface area contributed by atoms with Crippen LogP contribution in [0.3, 0.4) is 0 Å². The van der Waals surface area contributed by atoms with Crippen molar-refractivity contribution in [1.29, 1.82) is 0 Å². The van der Waals surface area contributed by atoms with Crippen LogP contribution in [0.4, 0.5) is 5.00 Å².